The number of carbonyl (C=O) groups excluding carboxylic acids is 3. The number of fused-ring (bicyclic) bond motifs is 1. The summed E-state index contributed by atoms with van der Waals surface area (Å²) < 4.78 is 10.7. The van der Waals surface area contributed by atoms with Gasteiger partial charge in [-0.1, -0.05) is 25.5 Å². The Morgan fingerprint density at radius 1 is 1.31 bits per heavy atom. The standard InChI is InChI=1S/C19H26N2O5/c1-5-8-15(18(24)20-19(2,3)4)26-17(23)11-21-13-9-6-7-10-14(13)25-12-16(21)22/h6-7,9-10,15H,5,8,11-12H2,1-4H3,(H,20,24)/t15-/m1/s1. The molecule has 142 valence electrons. The van der Waals surface area contributed by atoms with Crippen LogP contribution in [0.3, 0.4) is 0 Å². The molecule has 0 saturated heterocycles. The number of hydrogen-bond acceptors (Lipinski definition) is 5. The smallest absolute Gasteiger partial charge is 0.326 e. The van der Waals surface area contributed by atoms with E-state index in [9.17, 15) is 14.4 Å². The highest BCUT2D eigenvalue weighted by molar-refractivity contribution is 6.01. The Morgan fingerprint density at radius 2 is 2.00 bits per heavy atom. The molecule has 1 aromatic carbocycles. The summed E-state index contributed by atoms with van der Waals surface area (Å²) in [6.45, 7) is 7.10. The number of benzene rings is 1. The molecule has 7 heteroatoms. The molecule has 0 aliphatic carbocycles. The predicted molar refractivity (Wildman–Crippen MR) is 97.0 cm³/mol. The first-order valence-electron chi connectivity index (χ1n) is 8.75. The number of carbonyl (C=O) groups is 3. The SMILES string of the molecule is CCC[C@@H](OC(=O)CN1C(=O)COc2ccccc21)C(=O)NC(C)(C)C. The minimum atomic E-state index is -0.877. The highest BCUT2D eigenvalue weighted by atomic mass is 16.5. The van der Waals surface area contributed by atoms with Gasteiger partial charge in [0.25, 0.3) is 11.8 Å². The normalized spacial score (nSPS) is 14.9. The third-order valence-corrected chi connectivity index (χ3v) is 3.71. The Balaban J connectivity index is 2.06. The molecule has 1 heterocycles. The fraction of sp³-hybridized carbons (Fsp3) is 0.526. The largest absolute Gasteiger partial charge is 0.482 e. The molecule has 7 nitrogen and oxygen atoms in total. The van der Waals surface area contributed by atoms with E-state index in [0.717, 1.165) is 0 Å². The Hall–Kier alpha value is -2.57. The van der Waals surface area contributed by atoms with E-state index in [0.29, 0.717) is 24.3 Å². The second-order valence-corrected chi connectivity index (χ2v) is 7.24. The first-order chi connectivity index (χ1) is 12.2. The van der Waals surface area contributed by atoms with Crippen LogP contribution in [0.25, 0.3) is 0 Å². The van der Waals surface area contributed by atoms with E-state index in [1.54, 1.807) is 24.3 Å². The van der Waals surface area contributed by atoms with Gasteiger partial charge in [-0.25, -0.2) is 0 Å². The Morgan fingerprint density at radius 3 is 2.65 bits per heavy atom. The second-order valence-electron chi connectivity index (χ2n) is 7.24. The lowest BCUT2D eigenvalue weighted by Crippen LogP contribution is -2.48. The summed E-state index contributed by atoms with van der Waals surface area (Å²) in [5, 5.41) is 2.82. The number of amides is 2. The summed E-state index contributed by atoms with van der Waals surface area (Å²) in [4.78, 5) is 38.2. The maximum atomic E-state index is 12.4. The van der Waals surface area contributed by atoms with Gasteiger partial charge < -0.3 is 14.8 Å². The minimum Gasteiger partial charge on any atom is -0.482 e. The lowest BCUT2D eigenvalue weighted by atomic mass is 10.1. The van der Waals surface area contributed by atoms with Crippen LogP contribution in [0.1, 0.15) is 40.5 Å². The number of para-hydroxylation sites is 2. The second kappa shape index (κ2) is 8.21. The molecule has 2 amide bonds. The summed E-state index contributed by atoms with van der Waals surface area (Å²) in [6.07, 6.45) is 0.231. The molecule has 0 unspecified atom stereocenters. The Labute approximate surface area is 153 Å². The van der Waals surface area contributed by atoms with Crippen LogP contribution in [0.4, 0.5) is 5.69 Å². The first-order valence-corrected chi connectivity index (χ1v) is 8.75. The van der Waals surface area contributed by atoms with Crippen molar-refractivity contribution in [2.45, 2.75) is 52.2 Å². The molecule has 0 bridgehead atoms. The van der Waals surface area contributed by atoms with Gasteiger partial charge in [0.2, 0.25) is 0 Å². The summed E-state index contributed by atoms with van der Waals surface area (Å²) >= 11 is 0. The molecule has 1 N–H and O–H groups in total. The quantitative estimate of drug-likeness (QED) is 0.783. The number of esters is 1. The van der Waals surface area contributed by atoms with Crippen LogP contribution in [0.2, 0.25) is 0 Å². The fourth-order valence-electron chi connectivity index (χ4n) is 2.61. The fourth-order valence-corrected chi connectivity index (χ4v) is 2.61. The third kappa shape index (κ3) is 5.21. The van der Waals surface area contributed by atoms with Crippen molar-refractivity contribution in [2.75, 3.05) is 18.1 Å². The van der Waals surface area contributed by atoms with E-state index < -0.39 is 17.6 Å². The third-order valence-electron chi connectivity index (χ3n) is 3.71. The molecule has 0 spiro atoms. The van der Waals surface area contributed by atoms with Gasteiger partial charge in [-0.2, -0.15) is 0 Å². The molecule has 0 saturated carbocycles. The molecule has 1 atom stereocenters. The molecule has 1 aromatic rings. The highest BCUT2D eigenvalue weighted by Gasteiger charge is 2.30. The van der Waals surface area contributed by atoms with E-state index in [-0.39, 0.29) is 25.0 Å². The molecule has 0 aromatic heterocycles. The van der Waals surface area contributed by atoms with E-state index in [1.807, 2.05) is 27.7 Å². The minimum absolute atomic E-state index is 0.132. The number of nitrogens with one attached hydrogen (secondary N) is 1. The number of hydrogen-bond donors (Lipinski definition) is 1. The van der Waals surface area contributed by atoms with Crippen LogP contribution in [0.15, 0.2) is 24.3 Å². The Bertz CT molecular complexity index is 681. The predicted octanol–water partition coefficient (Wildman–Crippen LogP) is 2.04. The van der Waals surface area contributed by atoms with Crippen molar-refractivity contribution in [1.29, 1.82) is 0 Å². The van der Waals surface area contributed by atoms with Crippen LogP contribution >= 0.6 is 0 Å². The lowest BCUT2D eigenvalue weighted by molar-refractivity contribution is -0.156. The van der Waals surface area contributed by atoms with Crippen molar-refractivity contribution in [3.63, 3.8) is 0 Å². The van der Waals surface area contributed by atoms with Gasteiger partial charge in [0.1, 0.15) is 12.3 Å². The van der Waals surface area contributed by atoms with Gasteiger partial charge in [0, 0.05) is 5.54 Å². The summed E-state index contributed by atoms with van der Waals surface area (Å²) in [6, 6.07) is 6.99. The molecule has 2 rings (SSSR count). The van der Waals surface area contributed by atoms with Crippen molar-refractivity contribution in [3.8, 4) is 5.75 Å². The highest BCUT2D eigenvalue weighted by Crippen LogP contribution is 2.31. The average Bonchev–Trinajstić information content (AvgIpc) is 2.55. The van der Waals surface area contributed by atoms with Crippen LogP contribution in [-0.4, -0.2) is 42.6 Å². The van der Waals surface area contributed by atoms with Crippen molar-refractivity contribution >= 4 is 23.5 Å². The van der Waals surface area contributed by atoms with Crippen LogP contribution in [-0.2, 0) is 19.1 Å². The van der Waals surface area contributed by atoms with Crippen molar-refractivity contribution < 1.29 is 23.9 Å². The number of rotatable bonds is 6. The lowest BCUT2D eigenvalue weighted by Gasteiger charge is -2.29. The van der Waals surface area contributed by atoms with Crippen molar-refractivity contribution in [2.24, 2.45) is 0 Å². The molecule has 1 aliphatic rings. The topological polar surface area (TPSA) is 84.9 Å². The van der Waals surface area contributed by atoms with Gasteiger partial charge >= 0.3 is 5.97 Å². The zero-order valence-electron chi connectivity index (χ0n) is 15.7. The molecule has 1 aliphatic heterocycles. The molecule has 0 radical (unpaired) electrons. The number of nitrogens with zero attached hydrogens (tertiary/aromatic N) is 1. The van der Waals surface area contributed by atoms with Crippen LogP contribution < -0.4 is 15.0 Å². The van der Waals surface area contributed by atoms with Crippen LogP contribution in [0.5, 0.6) is 5.75 Å². The summed E-state index contributed by atoms with van der Waals surface area (Å²) in [7, 11) is 0. The van der Waals surface area contributed by atoms with Gasteiger partial charge in [-0.05, 0) is 39.3 Å². The molecular formula is C19H26N2O5. The van der Waals surface area contributed by atoms with E-state index in [4.69, 9.17) is 9.47 Å². The number of anilines is 1. The van der Waals surface area contributed by atoms with E-state index in [2.05, 4.69) is 5.32 Å². The zero-order valence-corrected chi connectivity index (χ0v) is 15.7. The summed E-state index contributed by atoms with van der Waals surface area (Å²) in [5.74, 6) is -0.749. The van der Waals surface area contributed by atoms with E-state index >= 15 is 0 Å². The van der Waals surface area contributed by atoms with Gasteiger partial charge in [0.05, 0.1) is 5.69 Å². The monoisotopic (exact) mass is 362 g/mol. The number of ether oxygens (including phenoxy) is 2. The van der Waals surface area contributed by atoms with Crippen molar-refractivity contribution in [3.05, 3.63) is 24.3 Å². The molecule has 0 fully saturated rings. The molecular weight excluding hydrogens is 336 g/mol. The molecule has 26 heavy (non-hydrogen) atoms. The van der Waals surface area contributed by atoms with Crippen LogP contribution in [0, 0.1) is 0 Å². The maximum Gasteiger partial charge on any atom is 0.326 e. The first kappa shape index (κ1) is 19.8. The van der Waals surface area contributed by atoms with Crippen molar-refractivity contribution in [1.82, 2.24) is 5.32 Å². The van der Waals surface area contributed by atoms with Gasteiger partial charge in [-0.15, -0.1) is 0 Å². The zero-order chi connectivity index (χ0) is 19.3. The van der Waals surface area contributed by atoms with Gasteiger partial charge in [0.15, 0.2) is 12.7 Å². The van der Waals surface area contributed by atoms with Gasteiger partial charge in [-0.3, -0.25) is 19.3 Å². The average molecular weight is 362 g/mol. The summed E-state index contributed by atoms with van der Waals surface area (Å²) in [5.41, 5.74) is 0.0982. The Kier molecular flexibility index (Phi) is 6.23. The maximum absolute atomic E-state index is 12.4. The van der Waals surface area contributed by atoms with E-state index in [1.165, 1.54) is 4.90 Å².